The molecule has 4 N–H and O–H groups in total. The van der Waals surface area contributed by atoms with Gasteiger partial charge in [0.25, 0.3) is 5.92 Å². The third-order valence-electron chi connectivity index (χ3n) is 4.96. The highest BCUT2D eigenvalue weighted by molar-refractivity contribution is 5.97. The summed E-state index contributed by atoms with van der Waals surface area (Å²) >= 11 is 0. The molecule has 0 saturated heterocycles. The van der Waals surface area contributed by atoms with Crippen LogP contribution < -0.4 is 16.4 Å². The Hall–Kier alpha value is -2.33. The number of halogens is 4. The maximum absolute atomic E-state index is 13.5. The van der Waals surface area contributed by atoms with E-state index in [1.54, 1.807) is 13.0 Å². The van der Waals surface area contributed by atoms with Crippen LogP contribution in [0.5, 0.6) is 0 Å². The maximum atomic E-state index is 13.5. The van der Waals surface area contributed by atoms with E-state index in [1.807, 2.05) is 0 Å². The fourth-order valence-corrected chi connectivity index (χ4v) is 3.61. The molecule has 2 saturated carbocycles. The number of hydrogen-bond donors (Lipinski definition) is 3. The Morgan fingerprint density at radius 1 is 1.19 bits per heavy atom. The number of aliphatic imine (C=N–C) groups is 2. The first kappa shape index (κ1) is 17.1. The molecule has 7 nitrogen and oxygen atoms in total. The monoisotopic (exact) mass is 374 g/mol. The number of alkyl halides is 4. The first-order valence-corrected chi connectivity index (χ1v) is 8.25. The second kappa shape index (κ2) is 5.34. The minimum absolute atomic E-state index is 0.119. The smallest absolute Gasteiger partial charge is 0.252 e. The van der Waals surface area contributed by atoms with Crippen LogP contribution in [-0.4, -0.2) is 35.0 Å². The van der Waals surface area contributed by atoms with Gasteiger partial charge < -0.3 is 20.9 Å². The number of nitrogens with one attached hydrogen (secondary N) is 2. The van der Waals surface area contributed by atoms with E-state index < -0.39 is 42.3 Å². The molecular weight excluding hydrogens is 356 g/mol. The van der Waals surface area contributed by atoms with Crippen molar-refractivity contribution in [1.82, 2.24) is 15.8 Å². The Morgan fingerprint density at radius 3 is 2.38 bits per heavy atom. The van der Waals surface area contributed by atoms with Gasteiger partial charge in [0, 0.05) is 43.7 Å². The normalized spacial score (nSPS) is 30.5. The summed E-state index contributed by atoms with van der Waals surface area (Å²) in [6, 6.07) is 1.10. The van der Waals surface area contributed by atoms with Crippen molar-refractivity contribution in [2.75, 3.05) is 0 Å². The molecule has 1 unspecified atom stereocenters. The molecule has 2 heterocycles. The average molecular weight is 374 g/mol. The molecule has 0 radical (unpaired) electrons. The first-order valence-electron chi connectivity index (χ1n) is 8.25. The van der Waals surface area contributed by atoms with Gasteiger partial charge in [0.05, 0.1) is 0 Å². The number of aryl methyl sites for hydroxylation is 1. The lowest BCUT2D eigenvalue weighted by atomic mass is 9.71. The van der Waals surface area contributed by atoms with E-state index in [0.717, 1.165) is 0 Å². The summed E-state index contributed by atoms with van der Waals surface area (Å²) in [5.74, 6) is -5.64. The van der Waals surface area contributed by atoms with Crippen LogP contribution in [0.25, 0.3) is 0 Å². The Bertz CT molecular complexity index is 775. The van der Waals surface area contributed by atoms with E-state index >= 15 is 0 Å². The van der Waals surface area contributed by atoms with E-state index in [-0.39, 0.29) is 24.8 Å². The Morgan fingerprint density at radius 2 is 1.85 bits per heavy atom. The highest BCUT2D eigenvalue weighted by Gasteiger charge is 2.58. The van der Waals surface area contributed by atoms with Gasteiger partial charge in [0.1, 0.15) is 11.5 Å². The number of rotatable bonds is 3. The predicted molar refractivity (Wildman–Crippen MR) is 83.9 cm³/mol. The fraction of sp³-hybridized carbons (Fsp3) is 0.667. The molecule has 26 heavy (non-hydrogen) atoms. The molecule has 0 amide bonds. The number of nitrogens with zero attached hydrogens (tertiary/aromatic N) is 3. The van der Waals surface area contributed by atoms with Crippen molar-refractivity contribution >= 4 is 11.9 Å². The topological polar surface area (TPSA) is 101 Å². The largest absolute Gasteiger partial charge is 0.368 e. The summed E-state index contributed by atoms with van der Waals surface area (Å²) in [6.45, 7) is 1.67. The minimum Gasteiger partial charge on any atom is -0.368 e. The van der Waals surface area contributed by atoms with E-state index in [4.69, 9.17) is 10.3 Å². The summed E-state index contributed by atoms with van der Waals surface area (Å²) in [7, 11) is 0. The first-order chi connectivity index (χ1) is 12.1. The van der Waals surface area contributed by atoms with Crippen molar-refractivity contribution in [3.8, 4) is 0 Å². The maximum Gasteiger partial charge on any atom is 0.252 e. The van der Waals surface area contributed by atoms with Crippen LogP contribution >= 0.6 is 0 Å². The SMILES string of the molecule is Cc1cc(C2(C3CC(F)(F)C3)N=C(N)N=C(NC3CC(F)(F)C3)N2)no1. The van der Waals surface area contributed by atoms with Crippen LogP contribution in [0, 0.1) is 12.8 Å². The van der Waals surface area contributed by atoms with Gasteiger partial charge in [-0.3, -0.25) is 0 Å². The van der Waals surface area contributed by atoms with Gasteiger partial charge >= 0.3 is 0 Å². The zero-order valence-electron chi connectivity index (χ0n) is 13.9. The summed E-state index contributed by atoms with van der Waals surface area (Å²) in [5.41, 5.74) is 4.73. The predicted octanol–water partition coefficient (Wildman–Crippen LogP) is 1.84. The molecule has 4 rings (SSSR count). The van der Waals surface area contributed by atoms with Crippen molar-refractivity contribution in [3.63, 3.8) is 0 Å². The Kier molecular flexibility index (Phi) is 3.51. The third kappa shape index (κ3) is 2.88. The molecule has 2 aliphatic carbocycles. The van der Waals surface area contributed by atoms with Crippen LogP contribution in [0.1, 0.15) is 37.1 Å². The van der Waals surface area contributed by atoms with Crippen LogP contribution in [0.3, 0.4) is 0 Å². The summed E-state index contributed by atoms with van der Waals surface area (Å²) in [5, 5.41) is 9.73. The number of guanidine groups is 2. The Balaban J connectivity index is 1.61. The quantitative estimate of drug-likeness (QED) is 0.701. The zero-order valence-corrected chi connectivity index (χ0v) is 13.9. The molecule has 11 heteroatoms. The van der Waals surface area contributed by atoms with Gasteiger partial charge in [-0.25, -0.2) is 22.6 Å². The van der Waals surface area contributed by atoms with Crippen LogP contribution in [-0.2, 0) is 5.66 Å². The molecule has 1 aliphatic heterocycles. The molecule has 3 aliphatic rings. The molecular formula is C15H18F4N6O. The Labute approximate surface area is 146 Å². The van der Waals surface area contributed by atoms with Gasteiger partial charge in [-0.2, -0.15) is 4.99 Å². The summed E-state index contributed by atoms with van der Waals surface area (Å²) in [6.07, 6.45) is -1.47. The fourth-order valence-electron chi connectivity index (χ4n) is 3.61. The van der Waals surface area contributed by atoms with Crippen LogP contribution in [0.2, 0.25) is 0 Å². The van der Waals surface area contributed by atoms with Crippen molar-refractivity contribution in [3.05, 3.63) is 17.5 Å². The molecule has 1 aromatic rings. The molecule has 0 spiro atoms. The second-order valence-electron chi connectivity index (χ2n) is 7.21. The van der Waals surface area contributed by atoms with E-state index in [9.17, 15) is 17.6 Å². The van der Waals surface area contributed by atoms with E-state index in [1.165, 1.54) is 0 Å². The summed E-state index contributed by atoms with van der Waals surface area (Å²) in [4.78, 5) is 8.25. The van der Waals surface area contributed by atoms with Gasteiger partial charge in [-0.1, -0.05) is 5.16 Å². The van der Waals surface area contributed by atoms with Crippen LogP contribution in [0.15, 0.2) is 20.6 Å². The minimum atomic E-state index is -2.79. The van der Waals surface area contributed by atoms with Crippen molar-refractivity contribution < 1.29 is 22.1 Å². The standard InChI is InChI=1S/C15H18F4N6O/c1-7-2-10(25-26-7)15(8-3-13(16,17)4-8)23-11(20)22-12(24-15)21-9-5-14(18,19)6-9/h2,8-9H,3-6H2,1H3,(H4,20,21,22,23,24). The molecule has 142 valence electrons. The highest BCUT2D eigenvalue weighted by Crippen LogP contribution is 2.52. The van der Waals surface area contributed by atoms with Crippen molar-refractivity contribution in [2.24, 2.45) is 21.6 Å². The average Bonchev–Trinajstić information content (AvgIpc) is 2.89. The second-order valence-corrected chi connectivity index (χ2v) is 7.21. The lowest BCUT2D eigenvalue weighted by molar-refractivity contribution is -0.135. The molecule has 1 aromatic heterocycles. The zero-order chi connectivity index (χ0) is 18.7. The molecule has 1 atom stereocenters. The van der Waals surface area contributed by atoms with Gasteiger partial charge in [0.2, 0.25) is 17.8 Å². The molecule has 0 aromatic carbocycles. The van der Waals surface area contributed by atoms with Crippen molar-refractivity contribution in [2.45, 2.75) is 56.2 Å². The third-order valence-corrected chi connectivity index (χ3v) is 4.96. The van der Waals surface area contributed by atoms with Gasteiger partial charge in [-0.15, -0.1) is 0 Å². The van der Waals surface area contributed by atoms with Crippen LogP contribution in [0.4, 0.5) is 17.6 Å². The summed E-state index contributed by atoms with van der Waals surface area (Å²) < 4.78 is 58.2. The molecule has 2 fully saturated rings. The number of aromatic nitrogens is 1. The van der Waals surface area contributed by atoms with E-state index in [2.05, 4.69) is 25.8 Å². The van der Waals surface area contributed by atoms with E-state index in [0.29, 0.717) is 11.5 Å². The molecule has 0 bridgehead atoms. The number of hydrogen-bond acceptors (Lipinski definition) is 7. The lowest BCUT2D eigenvalue weighted by Gasteiger charge is -2.47. The van der Waals surface area contributed by atoms with Gasteiger partial charge in [0.15, 0.2) is 5.66 Å². The highest BCUT2D eigenvalue weighted by atomic mass is 19.3. The van der Waals surface area contributed by atoms with Crippen molar-refractivity contribution in [1.29, 1.82) is 0 Å². The van der Waals surface area contributed by atoms with Gasteiger partial charge in [-0.05, 0) is 6.92 Å². The number of nitrogens with two attached hydrogens (primary N) is 1. The lowest BCUT2D eigenvalue weighted by Crippen LogP contribution is -2.64.